The molecule has 0 fully saturated rings. The molecular weight excluding hydrogens is 360 g/mol. The third-order valence-corrected chi connectivity index (χ3v) is 3.66. The Morgan fingerprint density at radius 2 is 1.86 bits per heavy atom. The van der Waals surface area contributed by atoms with Gasteiger partial charge in [-0.3, -0.25) is 4.98 Å². The van der Waals surface area contributed by atoms with E-state index in [4.69, 9.17) is 12.3 Å². The van der Waals surface area contributed by atoms with Gasteiger partial charge in [-0.1, -0.05) is 0 Å². The first-order chi connectivity index (χ1) is 13.7. The quantitative estimate of drug-likeness (QED) is 0.428. The average Bonchev–Trinajstić information content (AvgIpc) is 3.28. The molecule has 0 aliphatic heterocycles. The van der Waals surface area contributed by atoms with Gasteiger partial charge in [0.05, 0.1) is 24.7 Å². The van der Waals surface area contributed by atoms with Gasteiger partial charge in [-0.05, 0) is 13.0 Å². The van der Waals surface area contributed by atoms with Crippen LogP contribution in [-0.4, -0.2) is 39.5 Å². The molecule has 0 atom stereocenters. The molecule has 0 aliphatic carbocycles. The molecule has 4 aromatic heterocycles. The zero-order valence-electron chi connectivity index (χ0n) is 14.5. The summed E-state index contributed by atoms with van der Waals surface area (Å²) >= 11 is 0. The number of nitrogens with two attached hydrogens (primary N) is 1. The van der Waals surface area contributed by atoms with Gasteiger partial charge in [-0.15, -0.1) is 10.2 Å². The molecule has 28 heavy (non-hydrogen) atoms. The van der Waals surface area contributed by atoms with Crippen molar-refractivity contribution in [1.29, 1.82) is 0 Å². The van der Waals surface area contributed by atoms with Crippen LogP contribution in [0.5, 0.6) is 0 Å². The van der Waals surface area contributed by atoms with Crippen molar-refractivity contribution < 1.29 is 0 Å². The Morgan fingerprint density at radius 3 is 2.57 bits per heavy atom. The predicted molar refractivity (Wildman–Crippen MR) is 97.9 cm³/mol. The van der Waals surface area contributed by atoms with Crippen molar-refractivity contribution in [2.24, 2.45) is 10.2 Å². The van der Waals surface area contributed by atoms with E-state index in [0.717, 1.165) is 0 Å². The number of nitrogens with zero attached hydrogens (tertiary/aromatic N) is 11. The molecule has 12 nitrogen and oxygen atoms in total. The topological polar surface area (TPSA) is 142 Å². The Bertz CT molecular complexity index is 1180. The zero-order valence-corrected chi connectivity index (χ0v) is 14.5. The minimum absolute atomic E-state index is 0.206. The highest BCUT2D eigenvalue weighted by molar-refractivity contribution is 5.65. The second kappa shape index (κ2) is 7.00. The number of hydrogen-bond donors (Lipinski definition) is 1. The van der Waals surface area contributed by atoms with Crippen LogP contribution in [0.15, 0.2) is 53.5 Å². The van der Waals surface area contributed by atoms with E-state index < -0.39 is 0 Å². The van der Waals surface area contributed by atoms with Gasteiger partial charge >= 0.3 is 0 Å². The van der Waals surface area contributed by atoms with Gasteiger partial charge in [-0.25, -0.2) is 24.5 Å². The molecule has 0 spiro atoms. The summed E-state index contributed by atoms with van der Waals surface area (Å²) in [6.45, 7) is 9.06. The van der Waals surface area contributed by atoms with Crippen LogP contribution >= 0.6 is 0 Å². The molecule has 0 saturated heterocycles. The number of anilines is 1. The van der Waals surface area contributed by atoms with Crippen LogP contribution in [-0.2, 0) is 0 Å². The normalized spacial score (nSPS) is 11.0. The molecule has 0 bridgehead atoms. The molecular formula is C16H12N12. The number of nitrogen functional groups attached to an aromatic ring is 1. The molecule has 4 heterocycles. The summed E-state index contributed by atoms with van der Waals surface area (Å²) in [5.41, 5.74) is 7.24. The number of rotatable bonds is 4. The molecule has 2 N–H and O–H groups in total. The number of aryl methyl sites for hydroxylation is 1. The summed E-state index contributed by atoms with van der Waals surface area (Å²) in [5.74, 6) is 1.15. The molecule has 0 unspecified atom stereocenters. The Labute approximate surface area is 158 Å². The maximum absolute atomic E-state index is 7.32. The summed E-state index contributed by atoms with van der Waals surface area (Å²) in [7, 11) is 0. The molecule has 0 amide bonds. The Morgan fingerprint density at radius 1 is 1.04 bits per heavy atom. The predicted octanol–water partition coefficient (Wildman–Crippen LogP) is 2.49. The molecule has 0 saturated carbocycles. The van der Waals surface area contributed by atoms with Gasteiger partial charge in [0.2, 0.25) is 0 Å². The lowest BCUT2D eigenvalue weighted by Gasteiger charge is -2.02. The fourth-order valence-electron chi connectivity index (χ4n) is 2.38. The molecule has 12 heteroatoms. The van der Waals surface area contributed by atoms with Gasteiger partial charge in [0, 0.05) is 24.8 Å². The first-order valence-electron chi connectivity index (χ1n) is 7.95. The van der Waals surface area contributed by atoms with Gasteiger partial charge < -0.3 is 5.73 Å². The number of hydrogen-bond acceptors (Lipinski definition) is 9. The van der Waals surface area contributed by atoms with Crippen molar-refractivity contribution in [1.82, 2.24) is 39.5 Å². The average molecular weight is 372 g/mol. The van der Waals surface area contributed by atoms with E-state index in [2.05, 4.69) is 45.2 Å². The van der Waals surface area contributed by atoms with E-state index in [9.17, 15) is 0 Å². The van der Waals surface area contributed by atoms with E-state index in [0.29, 0.717) is 23.1 Å². The number of aromatic nitrogens is 8. The Hall–Kier alpha value is -4.53. The smallest absolute Gasteiger partial charge is 0.252 e. The first kappa shape index (κ1) is 16.9. The number of azo groups is 1. The fourth-order valence-corrected chi connectivity index (χ4v) is 2.38. The van der Waals surface area contributed by atoms with Gasteiger partial charge in [0.15, 0.2) is 23.1 Å². The van der Waals surface area contributed by atoms with Crippen molar-refractivity contribution in [3.05, 3.63) is 60.4 Å². The van der Waals surface area contributed by atoms with E-state index in [1.54, 1.807) is 25.4 Å². The van der Waals surface area contributed by atoms with Gasteiger partial charge in [-0.2, -0.15) is 14.9 Å². The third-order valence-electron chi connectivity index (χ3n) is 3.66. The van der Waals surface area contributed by atoms with Crippen LogP contribution < -0.4 is 5.73 Å². The highest BCUT2D eigenvalue weighted by atomic mass is 15.4. The standard InChI is InChI=1S/C16H12N12/c1-10-13(14(17)28(26-10)16-21-4-3-5-22-16)24-25-15-11(18-2)8-23-27(15)12-9-19-6-7-20-12/h3-9H,17H2,1H3/b25-24+. The molecule has 0 aliphatic rings. The van der Waals surface area contributed by atoms with Gasteiger partial charge in [0.25, 0.3) is 11.6 Å². The first-order valence-corrected chi connectivity index (χ1v) is 7.95. The second-order valence-electron chi connectivity index (χ2n) is 5.42. The van der Waals surface area contributed by atoms with Crippen LogP contribution in [0.4, 0.5) is 23.0 Å². The lowest BCUT2D eigenvalue weighted by Crippen LogP contribution is -2.05. The van der Waals surface area contributed by atoms with Crippen molar-refractivity contribution >= 4 is 23.0 Å². The molecule has 0 radical (unpaired) electrons. The SMILES string of the molecule is [C-]#[N+]c1cnn(-c2cnccn2)c1/N=N/c1c(C)nn(-c2ncccn2)c1N. The maximum atomic E-state index is 7.32. The monoisotopic (exact) mass is 372 g/mol. The van der Waals surface area contributed by atoms with E-state index in [1.807, 2.05) is 0 Å². The molecule has 136 valence electrons. The van der Waals surface area contributed by atoms with Crippen molar-refractivity contribution in [3.8, 4) is 11.8 Å². The second-order valence-corrected chi connectivity index (χ2v) is 5.42. The van der Waals surface area contributed by atoms with Crippen LogP contribution in [0.1, 0.15) is 5.69 Å². The minimum atomic E-state index is 0.206. The highest BCUT2D eigenvalue weighted by Gasteiger charge is 2.17. The van der Waals surface area contributed by atoms with E-state index in [-0.39, 0.29) is 17.3 Å². The van der Waals surface area contributed by atoms with Crippen molar-refractivity contribution in [3.63, 3.8) is 0 Å². The summed E-state index contributed by atoms with van der Waals surface area (Å²) in [4.78, 5) is 19.8. The molecule has 4 aromatic rings. The van der Waals surface area contributed by atoms with E-state index in [1.165, 1.54) is 34.2 Å². The van der Waals surface area contributed by atoms with Crippen LogP contribution in [0.3, 0.4) is 0 Å². The van der Waals surface area contributed by atoms with Crippen LogP contribution in [0.2, 0.25) is 0 Å². The van der Waals surface area contributed by atoms with Crippen molar-refractivity contribution in [2.75, 3.05) is 5.73 Å². The zero-order chi connectivity index (χ0) is 19.5. The molecule has 0 aromatic carbocycles. The maximum Gasteiger partial charge on any atom is 0.252 e. The Balaban J connectivity index is 1.76. The van der Waals surface area contributed by atoms with Crippen molar-refractivity contribution in [2.45, 2.75) is 6.92 Å². The molecule has 4 rings (SSSR count). The van der Waals surface area contributed by atoms with E-state index >= 15 is 0 Å². The summed E-state index contributed by atoms with van der Waals surface area (Å²) in [5, 5.41) is 16.8. The summed E-state index contributed by atoms with van der Waals surface area (Å²) in [6.07, 6.45) is 9.11. The van der Waals surface area contributed by atoms with Crippen LogP contribution in [0, 0.1) is 13.5 Å². The Kier molecular flexibility index (Phi) is 4.23. The largest absolute Gasteiger partial charge is 0.382 e. The third kappa shape index (κ3) is 2.92. The fraction of sp³-hybridized carbons (Fsp3) is 0.0625. The lowest BCUT2D eigenvalue weighted by atomic mass is 10.4. The van der Waals surface area contributed by atoms with Crippen LogP contribution in [0.25, 0.3) is 16.6 Å². The summed E-state index contributed by atoms with van der Waals surface area (Å²) in [6, 6.07) is 1.69. The summed E-state index contributed by atoms with van der Waals surface area (Å²) < 4.78 is 2.75. The minimum Gasteiger partial charge on any atom is -0.382 e. The highest BCUT2D eigenvalue weighted by Crippen LogP contribution is 2.34. The lowest BCUT2D eigenvalue weighted by molar-refractivity contribution is 0.805. The van der Waals surface area contributed by atoms with Gasteiger partial charge in [0.1, 0.15) is 0 Å².